The summed E-state index contributed by atoms with van der Waals surface area (Å²) in [5.74, 6) is -1.33. The van der Waals surface area contributed by atoms with E-state index in [9.17, 15) is 14.4 Å². The molecule has 170 valence electrons. The molecule has 9 nitrogen and oxygen atoms in total. The van der Waals surface area contributed by atoms with Crippen molar-refractivity contribution in [2.75, 3.05) is 19.6 Å². The van der Waals surface area contributed by atoms with Crippen molar-refractivity contribution in [2.45, 2.75) is 90.4 Å². The maximum atomic E-state index is 12.4. The summed E-state index contributed by atoms with van der Waals surface area (Å²) in [6.45, 7) is 12.8. The van der Waals surface area contributed by atoms with E-state index in [2.05, 4.69) is 21.3 Å². The quantitative estimate of drug-likeness (QED) is 0.224. The van der Waals surface area contributed by atoms with Crippen LogP contribution < -0.4 is 27.0 Å². The number of carboxylic acids is 1. The maximum absolute atomic E-state index is 12.4. The average molecular weight is 416 g/mol. The Morgan fingerprint density at radius 2 is 1.45 bits per heavy atom. The monoisotopic (exact) mass is 415 g/mol. The Kier molecular flexibility index (Phi) is 12.0. The first-order chi connectivity index (χ1) is 13.3. The smallest absolute Gasteiger partial charge is 0.303 e. The molecule has 0 aromatic carbocycles. The molecule has 0 aliphatic heterocycles. The number of rotatable bonds is 14. The molecule has 0 radical (unpaired) electrons. The minimum Gasteiger partial charge on any atom is -0.481 e. The highest BCUT2D eigenvalue weighted by Crippen LogP contribution is 2.08. The van der Waals surface area contributed by atoms with Gasteiger partial charge in [0.2, 0.25) is 11.8 Å². The normalized spacial score (nSPS) is 14.2. The minimum absolute atomic E-state index is 0.0845. The molecule has 0 aromatic heterocycles. The zero-order valence-corrected chi connectivity index (χ0v) is 18.9. The maximum Gasteiger partial charge on any atom is 0.303 e. The molecule has 9 heteroatoms. The second-order valence-electron chi connectivity index (χ2n) is 8.99. The molecule has 7 N–H and O–H groups in total. The van der Waals surface area contributed by atoms with Crippen LogP contribution in [0.1, 0.15) is 67.2 Å². The Morgan fingerprint density at radius 1 is 0.931 bits per heavy atom. The highest BCUT2D eigenvalue weighted by atomic mass is 16.4. The van der Waals surface area contributed by atoms with Crippen LogP contribution in [0, 0.1) is 0 Å². The van der Waals surface area contributed by atoms with Gasteiger partial charge in [-0.05, 0) is 53.9 Å². The van der Waals surface area contributed by atoms with Gasteiger partial charge in [0.25, 0.3) is 0 Å². The van der Waals surface area contributed by atoms with E-state index in [1.807, 2.05) is 41.5 Å². The molecule has 2 atom stereocenters. The van der Waals surface area contributed by atoms with Crippen molar-refractivity contribution in [2.24, 2.45) is 5.73 Å². The first kappa shape index (κ1) is 27.3. The largest absolute Gasteiger partial charge is 0.481 e. The van der Waals surface area contributed by atoms with E-state index in [4.69, 9.17) is 10.8 Å². The number of carbonyl (C=O) groups is 3. The number of nitrogens with one attached hydrogen (secondary N) is 4. The number of amides is 2. The van der Waals surface area contributed by atoms with E-state index in [0.29, 0.717) is 19.5 Å². The summed E-state index contributed by atoms with van der Waals surface area (Å²) in [7, 11) is 0. The third-order valence-electron chi connectivity index (χ3n) is 4.52. The first-order valence-corrected chi connectivity index (χ1v) is 10.3. The zero-order valence-electron chi connectivity index (χ0n) is 18.9. The number of carbonyl (C=O) groups excluding carboxylic acids is 2. The van der Waals surface area contributed by atoms with Crippen molar-refractivity contribution in [3.8, 4) is 0 Å². The van der Waals surface area contributed by atoms with E-state index in [1.165, 1.54) is 0 Å². The third kappa shape index (κ3) is 13.2. The molecule has 0 fully saturated rings. The van der Waals surface area contributed by atoms with Crippen LogP contribution in [-0.2, 0) is 14.4 Å². The predicted octanol–water partition coefficient (Wildman–Crippen LogP) is 0.336. The van der Waals surface area contributed by atoms with E-state index in [1.54, 1.807) is 0 Å². The highest BCUT2D eigenvalue weighted by molar-refractivity contribution is 5.83. The molecular weight excluding hydrogens is 374 g/mol. The van der Waals surface area contributed by atoms with Crippen molar-refractivity contribution in [3.05, 3.63) is 0 Å². The van der Waals surface area contributed by atoms with Crippen LogP contribution in [0.4, 0.5) is 0 Å². The van der Waals surface area contributed by atoms with Crippen LogP contribution in [0.3, 0.4) is 0 Å². The molecule has 0 bridgehead atoms. The van der Waals surface area contributed by atoms with Gasteiger partial charge >= 0.3 is 5.97 Å². The summed E-state index contributed by atoms with van der Waals surface area (Å²) in [5.41, 5.74) is 5.22. The number of carboxylic acid groups (broad SMARTS) is 1. The van der Waals surface area contributed by atoms with Gasteiger partial charge in [0.1, 0.15) is 0 Å². The summed E-state index contributed by atoms with van der Waals surface area (Å²) in [4.78, 5) is 35.5. The van der Waals surface area contributed by atoms with Gasteiger partial charge in [-0.3, -0.25) is 19.7 Å². The van der Waals surface area contributed by atoms with Gasteiger partial charge in [0.05, 0.1) is 12.1 Å². The standard InChI is InChI=1S/C20H41N5O4/c1-7-20(5,6)25-15(13-21)18(29)23-12-8-11-22-17(28)14(9-10-16(26)27)24-19(2,3)4/h14-15,24-25H,7-13,21H2,1-6H3,(H,22,28)(H,23,29)(H,26,27)/t14-,15-/m0/s1. The molecule has 2 amide bonds. The molecule has 0 rings (SSSR count). The molecule has 0 heterocycles. The van der Waals surface area contributed by atoms with Crippen LogP contribution in [-0.4, -0.2) is 65.7 Å². The number of hydrogen-bond acceptors (Lipinski definition) is 6. The fourth-order valence-electron chi connectivity index (χ4n) is 2.62. The van der Waals surface area contributed by atoms with Crippen molar-refractivity contribution in [3.63, 3.8) is 0 Å². The number of aliphatic carboxylic acids is 1. The lowest BCUT2D eigenvalue weighted by Crippen LogP contribution is -2.56. The van der Waals surface area contributed by atoms with E-state index < -0.39 is 18.1 Å². The van der Waals surface area contributed by atoms with Crippen LogP contribution >= 0.6 is 0 Å². The molecule has 0 saturated carbocycles. The fraction of sp³-hybridized carbons (Fsp3) is 0.850. The van der Waals surface area contributed by atoms with Gasteiger partial charge < -0.3 is 26.8 Å². The van der Waals surface area contributed by atoms with E-state index >= 15 is 0 Å². The summed E-state index contributed by atoms with van der Waals surface area (Å²) < 4.78 is 0. The zero-order chi connectivity index (χ0) is 22.7. The van der Waals surface area contributed by atoms with Gasteiger partial charge in [-0.25, -0.2) is 0 Å². The Balaban J connectivity index is 4.39. The van der Waals surface area contributed by atoms with Crippen molar-refractivity contribution in [1.29, 1.82) is 0 Å². The van der Waals surface area contributed by atoms with E-state index in [0.717, 1.165) is 6.42 Å². The highest BCUT2D eigenvalue weighted by Gasteiger charge is 2.25. The van der Waals surface area contributed by atoms with Crippen LogP contribution in [0.5, 0.6) is 0 Å². The Labute approximate surface area is 174 Å². The minimum atomic E-state index is -0.935. The average Bonchev–Trinajstić information content (AvgIpc) is 2.61. The molecule has 0 aliphatic carbocycles. The lowest BCUT2D eigenvalue weighted by molar-refractivity contribution is -0.137. The SMILES string of the molecule is CCC(C)(C)N[C@@H](CN)C(=O)NCCCNC(=O)[C@H](CCC(=O)O)NC(C)(C)C. The fourth-order valence-corrected chi connectivity index (χ4v) is 2.62. The Hall–Kier alpha value is -1.71. The molecule has 0 unspecified atom stereocenters. The van der Waals surface area contributed by atoms with Crippen LogP contribution in [0.15, 0.2) is 0 Å². The lowest BCUT2D eigenvalue weighted by atomic mass is 10.0. The summed E-state index contributed by atoms with van der Waals surface area (Å²) in [6.07, 6.45) is 1.56. The topological polar surface area (TPSA) is 146 Å². The molecular formula is C20H41N5O4. The van der Waals surface area contributed by atoms with Gasteiger partial charge in [0, 0.05) is 37.1 Å². The van der Waals surface area contributed by atoms with Gasteiger partial charge in [-0.15, -0.1) is 0 Å². The van der Waals surface area contributed by atoms with Crippen molar-refractivity contribution < 1.29 is 19.5 Å². The summed E-state index contributed by atoms with van der Waals surface area (Å²) in [6, 6.07) is -1.04. The first-order valence-electron chi connectivity index (χ1n) is 10.3. The number of nitrogens with two attached hydrogens (primary N) is 1. The second kappa shape index (κ2) is 12.8. The molecule has 29 heavy (non-hydrogen) atoms. The Morgan fingerprint density at radius 3 is 1.86 bits per heavy atom. The van der Waals surface area contributed by atoms with Gasteiger partial charge in [-0.2, -0.15) is 0 Å². The predicted molar refractivity (Wildman–Crippen MR) is 115 cm³/mol. The van der Waals surface area contributed by atoms with Crippen LogP contribution in [0.2, 0.25) is 0 Å². The molecule has 0 aliphatic rings. The van der Waals surface area contributed by atoms with Gasteiger partial charge in [-0.1, -0.05) is 6.92 Å². The molecule has 0 aromatic rings. The van der Waals surface area contributed by atoms with Gasteiger partial charge in [0.15, 0.2) is 0 Å². The van der Waals surface area contributed by atoms with Crippen molar-refractivity contribution in [1.82, 2.24) is 21.3 Å². The number of hydrogen-bond donors (Lipinski definition) is 6. The summed E-state index contributed by atoms with van der Waals surface area (Å²) >= 11 is 0. The second-order valence-corrected chi connectivity index (χ2v) is 8.99. The Bertz CT molecular complexity index is 531. The summed E-state index contributed by atoms with van der Waals surface area (Å²) in [5, 5.41) is 20.9. The molecule has 0 spiro atoms. The van der Waals surface area contributed by atoms with Crippen LogP contribution in [0.25, 0.3) is 0 Å². The molecule has 0 saturated heterocycles. The lowest BCUT2D eigenvalue weighted by Gasteiger charge is -2.29. The third-order valence-corrected chi connectivity index (χ3v) is 4.52. The van der Waals surface area contributed by atoms with E-state index in [-0.39, 0.29) is 42.3 Å². The van der Waals surface area contributed by atoms with Crippen molar-refractivity contribution >= 4 is 17.8 Å².